The molecule has 2 aromatic heterocycles. The van der Waals surface area contributed by atoms with Crippen molar-refractivity contribution in [3.05, 3.63) is 65.1 Å². The Hall–Kier alpha value is -2.62. The first-order chi connectivity index (χ1) is 10.6. The van der Waals surface area contributed by atoms with Crippen molar-refractivity contribution in [3.63, 3.8) is 0 Å². The molecule has 2 heterocycles. The number of aryl methyl sites for hydroxylation is 2. The molecule has 4 heteroatoms. The van der Waals surface area contributed by atoms with Crippen LogP contribution in [0.3, 0.4) is 0 Å². The summed E-state index contributed by atoms with van der Waals surface area (Å²) in [5.74, 6) is -0.0755. The maximum Gasteiger partial charge on any atom is 0.251 e. The lowest BCUT2D eigenvalue weighted by molar-refractivity contribution is 0.0950. The van der Waals surface area contributed by atoms with Gasteiger partial charge in [0.1, 0.15) is 0 Å². The van der Waals surface area contributed by atoms with Gasteiger partial charge in [-0.2, -0.15) is 0 Å². The summed E-state index contributed by atoms with van der Waals surface area (Å²) >= 11 is 0. The number of amides is 1. The zero-order valence-electron chi connectivity index (χ0n) is 13.1. The number of pyridine rings is 1. The van der Waals surface area contributed by atoms with Crippen molar-refractivity contribution >= 4 is 16.8 Å². The molecule has 0 aliphatic rings. The molecule has 0 bridgehead atoms. The molecule has 22 heavy (non-hydrogen) atoms. The summed E-state index contributed by atoms with van der Waals surface area (Å²) in [5, 5.41) is 4.04. The van der Waals surface area contributed by atoms with Gasteiger partial charge < -0.3 is 9.88 Å². The Morgan fingerprint density at radius 3 is 2.77 bits per heavy atom. The van der Waals surface area contributed by atoms with Gasteiger partial charge in [-0.1, -0.05) is 6.07 Å². The second-order valence-corrected chi connectivity index (χ2v) is 5.51. The Labute approximate surface area is 129 Å². The Balaban J connectivity index is 1.84. The van der Waals surface area contributed by atoms with Gasteiger partial charge in [-0.25, -0.2) is 0 Å². The van der Waals surface area contributed by atoms with Crippen molar-refractivity contribution in [2.45, 2.75) is 20.4 Å². The van der Waals surface area contributed by atoms with E-state index >= 15 is 0 Å². The number of hydrogen-bond donors (Lipinski definition) is 1. The van der Waals surface area contributed by atoms with E-state index in [-0.39, 0.29) is 5.91 Å². The molecule has 112 valence electrons. The second-order valence-electron chi connectivity index (χ2n) is 5.51. The maximum absolute atomic E-state index is 12.3. The van der Waals surface area contributed by atoms with Crippen molar-refractivity contribution in [2.24, 2.45) is 7.05 Å². The Bertz CT molecular complexity index is 834. The first kappa shape index (κ1) is 14.3. The normalized spacial score (nSPS) is 10.9. The van der Waals surface area contributed by atoms with Crippen LogP contribution in [-0.2, 0) is 13.6 Å². The number of fused-ring (bicyclic) bond motifs is 1. The zero-order valence-corrected chi connectivity index (χ0v) is 13.1. The maximum atomic E-state index is 12.3. The van der Waals surface area contributed by atoms with Crippen LogP contribution in [0.2, 0.25) is 0 Å². The molecule has 0 atom stereocenters. The van der Waals surface area contributed by atoms with E-state index < -0.39 is 0 Å². The quantitative estimate of drug-likeness (QED) is 0.806. The summed E-state index contributed by atoms with van der Waals surface area (Å²) in [7, 11) is 2.05. The molecular formula is C18H19N3O. The highest BCUT2D eigenvalue weighted by molar-refractivity contribution is 5.99. The van der Waals surface area contributed by atoms with E-state index in [1.54, 1.807) is 6.20 Å². The summed E-state index contributed by atoms with van der Waals surface area (Å²) < 4.78 is 2.15. The zero-order chi connectivity index (χ0) is 15.7. The highest BCUT2D eigenvalue weighted by atomic mass is 16.1. The van der Waals surface area contributed by atoms with Crippen LogP contribution in [0.1, 0.15) is 27.3 Å². The van der Waals surface area contributed by atoms with E-state index in [9.17, 15) is 4.79 Å². The standard InChI is InChI=1S/C18H19N3O/c1-12-13(2)21(3)17-8-7-14(10-16(12)17)18(22)20-11-15-6-4-5-9-19-15/h4-10H,11H2,1-3H3,(H,20,22). The minimum Gasteiger partial charge on any atom is -0.348 e. The highest BCUT2D eigenvalue weighted by Crippen LogP contribution is 2.25. The predicted molar refractivity (Wildman–Crippen MR) is 87.8 cm³/mol. The highest BCUT2D eigenvalue weighted by Gasteiger charge is 2.12. The number of rotatable bonds is 3. The van der Waals surface area contributed by atoms with E-state index in [0.29, 0.717) is 12.1 Å². The number of nitrogens with one attached hydrogen (secondary N) is 1. The van der Waals surface area contributed by atoms with Gasteiger partial charge in [0.05, 0.1) is 12.2 Å². The molecule has 1 amide bonds. The van der Waals surface area contributed by atoms with Crippen LogP contribution in [0.15, 0.2) is 42.6 Å². The molecule has 4 nitrogen and oxygen atoms in total. The molecule has 0 spiro atoms. The van der Waals surface area contributed by atoms with E-state index in [2.05, 4.69) is 28.7 Å². The van der Waals surface area contributed by atoms with Crippen LogP contribution in [0.4, 0.5) is 0 Å². The van der Waals surface area contributed by atoms with Gasteiger partial charge in [0, 0.05) is 35.4 Å². The monoisotopic (exact) mass is 293 g/mol. The topological polar surface area (TPSA) is 46.9 Å². The van der Waals surface area contributed by atoms with Gasteiger partial charge in [-0.3, -0.25) is 9.78 Å². The molecule has 0 fully saturated rings. The van der Waals surface area contributed by atoms with Crippen LogP contribution in [0.5, 0.6) is 0 Å². The fourth-order valence-corrected chi connectivity index (χ4v) is 2.67. The molecule has 0 radical (unpaired) electrons. The third kappa shape index (κ3) is 2.48. The van der Waals surface area contributed by atoms with Crippen LogP contribution in [-0.4, -0.2) is 15.5 Å². The number of benzene rings is 1. The van der Waals surface area contributed by atoms with Crippen LogP contribution in [0.25, 0.3) is 10.9 Å². The van der Waals surface area contributed by atoms with Gasteiger partial charge in [0.15, 0.2) is 0 Å². The Morgan fingerprint density at radius 2 is 2.05 bits per heavy atom. The van der Waals surface area contributed by atoms with Gasteiger partial charge in [0.25, 0.3) is 5.91 Å². The van der Waals surface area contributed by atoms with Crippen molar-refractivity contribution in [2.75, 3.05) is 0 Å². The van der Waals surface area contributed by atoms with E-state index in [1.807, 2.05) is 43.4 Å². The number of aromatic nitrogens is 2. The molecule has 0 saturated heterocycles. The number of carbonyl (C=O) groups is 1. The third-order valence-electron chi connectivity index (χ3n) is 4.23. The Kier molecular flexibility index (Phi) is 3.67. The number of nitrogens with zero attached hydrogens (tertiary/aromatic N) is 2. The van der Waals surface area contributed by atoms with Crippen molar-refractivity contribution < 1.29 is 4.79 Å². The summed E-state index contributed by atoms with van der Waals surface area (Å²) in [4.78, 5) is 16.5. The van der Waals surface area contributed by atoms with Crippen LogP contribution in [0, 0.1) is 13.8 Å². The predicted octanol–water partition coefficient (Wildman–Crippen LogP) is 3.12. The molecular weight excluding hydrogens is 274 g/mol. The minimum atomic E-state index is -0.0755. The molecule has 0 aliphatic carbocycles. The van der Waals surface area contributed by atoms with Gasteiger partial charge in [-0.05, 0) is 49.7 Å². The molecule has 1 N–H and O–H groups in total. The first-order valence-electron chi connectivity index (χ1n) is 7.31. The lowest BCUT2D eigenvalue weighted by atomic mass is 10.1. The van der Waals surface area contributed by atoms with Crippen molar-refractivity contribution in [3.8, 4) is 0 Å². The lowest BCUT2D eigenvalue weighted by Crippen LogP contribution is -2.23. The average Bonchev–Trinajstić information content (AvgIpc) is 2.78. The lowest BCUT2D eigenvalue weighted by Gasteiger charge is -2.05. The largest absolute Gasteiger partial charge is 0.348 e. The average molecular weight is 293 g/mol. The molecule has 0 unspecified atom stereocenters. The smallest absolute Gasteiger partial charge is 0.251 e. The van der Waals surface area contributed by atoms with Gasteiger partial charge >= 0.3 is 0 Å². The Morgan fingerprint density at radius 1 is 1.23 bits per heavy atom. The van der Waals surface area contributed by atoms with E-state index in [0.717, 1.165) is 16.6 Å². The van der Waals surface area contributed by atoms with E-state index in [1.165, 1.54) is 11.3 Å². The molecule has 0 aliphatic heterocycles. The summed E-state index contributed by atoms with van der Waals surface area (Å²) in [5.41, 5.74) is 5.12. The second kappa shape index (κ2) is 5.64. The number of carbonyl (C=O) groups excluding carboxylic acids is 1. The van der Waals surface area contributed by atoms with Gasteiger partial charge in [0.2, 0.25) is 0 Å². The van der Waals surface area contributed by atoms with E-state index in [4.69, 9.17) is 0 Å². The molecule has 3 aromatic rings. The fraction of sp³-hybridized carbons (Fsp3) is 0.222. The summed E-state index contributed by atoms with van der Waals surface area (Å²) in [6.07, 6.45) is 1.73. The van der Waals surface area contributed by atoms with Crippen molar-refractivity contribution in [1.29, 1.82) is 0 Å². The summed E-state index contributed by atoms with van der Waals surface area (Å²) in [6, 6.07) is 11.5. The first-order valence-corrected chi connectivity index (χ1v) is 7.31. The fourth-order valence-electron chi connectivity index (χ4n) is 2.67. The van der Waals surface area contributed by atoms with Gasteiger partial charge in [-0.15, -0.1) is 0 Å². The minimum absolute atomic E-state index is 0.0755. The third-order valence-corrected chi connectivity index (χ3v) is 4.23. The summed E-state index contributed by atoms with van der Waals surface area (Å²) in [6.45, 7) is 4.62. The molecule has 1 aromatic carbocycles. The van der Waals surface area contributed by atoms with Crippen LogP contribution < -0.4 is 5.32 Å². The molecule has 3 rings (SSSR count). The SMILES string of the molecule is Cc1c(C)n(C)c2ccc(C(=O)NCc3ccccn3)cc12. The molecule has 0 saturated carbocycles. The number of hydrogen-bond acceptors (Lipinski definition) is 2. The van der Waals surface area contributed by atoms with Crippen LogP contribution >= 0.6 is 0 Å². The van der Waals surface area contributed by atoms with Crippen molar-refractivity contribution in [1.82, 2.24) is 14.9 Å².